The van der Waals surface area contributed by atoms with Gasteiger partial charge in [-0.25, -0.2) is 4.79 Å². The number of hydrogen-bond acceptors (Lipinski definition) is 5. The quantitative estimate of drug-likeness (QED) is 0.612. The SMILES string of the molecule is CC(C)OP(=O)(OC(C)C)C1c2ccccc2CCN1C(=O)OC(C)(C)C. The second kappa shape index (κ2) is 8.34. The number of carbonyl (C=O) groups excluding carboxylic acids is 1. The van der Waals surface area contributed by atoms with E-state index in [9.17, 15) is 9.36 Å². The minimum atomic E-state index is -3.69. The van der Waals surface area contributed by atoms with Crippen LogP contribution in [0.2, 0.25) is 0 Å². The van der Waals surface area contributed by atoms with E-state index in [-0.39, 0.29) is 12.2 Å². The molecule has 152 valence electrons. The molecule has 27 heavy (non-hydrogen) atoms. The summed E-state index contributed by atoms with van der Waals surface area (Å²) in [7, 11) is -3.69. The molecule has 2 rings (SSSR count). The van der Waals surface area contributed by atoms with Crippen molar-refractivity contribution < 1.29 is 23.1 Å². The third-order valence-corrected chi connectivity index (χ3v) is 6.48. The Bertz CT molecular complexity index is 697. The molecule has 1 aliphatic rings. The van der Waals surface area contributed by atoms with Crippen LogP contribution in [0.3, 0.4) is 0 Å². The average molecular weight is 397 g/mol. The zero-order valence-corrected chi connectivity index (χ0v) is 18.3. The number of nitrogens with zero attached hydrogens (tertiary/aromatic N) is 1. The Morgan fingerprint density at radius 1 is 1.11 bits per heavy atom. The molecule has 1 aliphatic heterocycles. The molecule has 0 bridgehead atoms. The van der Waals surface area contributed by atoms with E-state index in [1.807, 2.05) is 72.7 Å². The maximum absolute atomic E-state index is 13.9. The van der Waals surface area contributed by atoms with Crippen LogP contribution in [0.15, 0.2) is 24.3 Å². The summed E-state index contributed by atoms with van der Waals surface area (Å²) in [6.07, 6.45) is -0.481. The fraction of sp³-hybridized carbons (Fsp3) is 0.650. The van der Waals surface area contributed by atoms with Crippen LogP contribution in [0.25, 0.3) is 0 Å². The van der Waals surface area contributed by atoms with Gasteiger partial charge in [-0.1, -0.05) is 24.3 Å². The summed E-state index contributed by atoms with van der Waals surface area (Å²) in [4.78, 5) is 14.4. The van der Waals surface area contributed by atoms with Crippen molar-refractivity contribution in [1.82, 2.24) is 4.90 Å². The van der Waals surface area contributed by atoms with Crippen molar-refractivity contribution in [2.24, 2.45) is 0 Å². The van der Waals surface area contributed by atoms with Gasteiger partial charge in [-0.15, -0.1) is 0 Å². The van der Waals surface area contributed by atoms with E-state index in [0.717, 1.165) is 11.1 Å². The van der Waals surface area contributed by atoms with Crippen LogP contribution in [0.5, 0.6) is 0 Å². The lowest BCUT2D eigenvalue weighted by Gasteiger charge is -2.41. The molecule has 1 aromatic carbocycles. The molecular weight excluding hydrogens is 365 g/mol. The van der Waals surface area contributed by atoms with Gasteiger partial charge in [0.2, 0.25) is 0 Å². The Kier molecular flexibility index (Phi) is 6.77. The maximum Gasteiger partial charge on any atom is 0.411 e. The summed E-state index contributed by atoms with van der Waals surface area (Å²) >= 11 is 0. The van der Waals surface area contributed by atoms with Gasteiger partial charge in [0, 0.05) is 6.54 Å². The summed E-state index contributed by atoms with van der Waals surface area (Å²) in [6.45, 7) is 13.1. The summed E-state index contributed by atoms with van der Waals surface area (Å²) in [5.74, 6) is -0.831. The number of ether oxygens (including phenoxy) is 1. The molecule has 1 unspecified atom stereocenters. The van der Waals surface area contributed by atoms with Crippen LogP contribution in [0.4, 0.5) is 4.79 Å². The minimum Gasteiger partial charge on any atom is -0.444 e. The van der Waals surface area contributed by atoms with Crippen LogP contribution in [0, 0.1) is 0 Å². The van der Waals surface area contributed by atoms with Gasteiger partial charge < -0.3 is 13.8 Å². The highest BCUT2D eigenvalue weighted by atomic mass is 31.2. The fourth-order valence-electron chi connectivity index (χ4n) is 3.13. The van der Waals surface area contributed by atoms with Crippen LogP contribution in [-0.2, 0) is 24.8 Å². The van der Waals surface area contributed by atoms with E-state index in [1.165, 1.54) is 4.90 Å². The number of hydrogen-bond donors (Lipinski definition) is 0. The third-order valence-electron chi connectivity index (χ3n) is 3.89. The Morgan fingerprint density at radius 2 is 1.67 bits per heavy atom. The highest BCUT2D eigenvalue weighted by Crippen LogP contribution is 2.65. The molecule has 0 saturated carbocycles. The van der Waals surface area contributed by atoms with Gasteiger partial charge in [0.05, 0.1) is 12.2 Å². The lowest BCUT2D eigenvalue weighted by Crippen LogP contribution is -2.43. The largest absolute Gasteiger partial charge is 0.444 e. The summed E-state index contributed by atoms with van der Waals surface area (Å²) < 4.78 is 31.2. The molecule has 0 saturated heterocycles. The molecule has 1 atom stereocenters. The van der Waals surface area contributed by atoms with Crippen molar-refractivity contribution in [2.75, 3.05) is 6.54 Å². The first-order valence-corrected chi connectivity index (χ1v) is 11.1. The predicted octanol–water partition coefficient (Wildman–Crippen LogP) is 5.52. The average Bonchev–Trinajstić information content (AvgIpc) is 2.50. The van der Waals surface area contributed by atoms with E-state index in [2.05, 4.69) is 0 Å². The number of fused-ring (bicyclic) bond motifs is 1. The Morgan fingerprint density at radius 3 is 2.19 bits per heavy atom. The monoisotopic (exact) mass is 397 g/mol. The summed E-state index contributed by atoms with van der Waals surface area (Å²) in [5, 5.41) is 0. The number of amides is 1. The molecule has 1 aromatic rings. The standard InChI is InChI=1S/C20H32NO5P/c1-14(2)25-27(23,26-15(3)4)18-17-11-9-8-10-16(17)12-13-21(18)19(22)24-20(5,6)7/h8-11,14-15,18H,12-13H2,1-7H3. The number of carbonyl (C=O) groups is 1. The van der Waals surface area contributed by atoms with Crippen molar-refractivity contribution in [1.29, 1.82) is 0 Å². The van der Waals surface area contributed by atoms with E-state index in [4.69, 9.17) is 13.8 Å². The van der Waals surface area contributed by atoms with Gasteiger partial charge in [-0.05, 0) is 66.0 Å². The molecule has 1 heterocycles. The molecule has 0 N–H and O–H groups in total. The molecule has 1 amide bonds. The number of rotatable bonds is 5. The molecular formula is C20H32NO5P. The van der Waals surface area contributed by atoms with E-state index in [1.54, 1.807) is 0 Å². The van der Waals surface area contributed by atoms with E-state index < -0.39 is 25.1 Å². The van der Waals surface area contributed by atoms with Crippen LogP contribution >= 0.6 is 7.60 Å². The first-order chi connectivity index (χ1) is 12.4. The maximum atomic E-state index is 13.9. The second-order valence-electron chi connectivity index (χ2n) is 8.34. The first-order valence-electron chi connectivity index (χ1n) is 9.47. The highest BCUT2D eigenvalue weighted by molar-refractivity contribution is 7.54. The van der Waals surface area contributed by atoms with Crippen molar-refractivity contribution in [3.05, 3.63) is 35.4 Å². The highest BCUT2D eigenvalue weighted by Gasteiger charge is 2.48. The van der Waals surface area contributed by atoms with Crippen molar-refractivity contribution >= 4 is 13.7 Å². The second-order valence-corrected chi connectivity index (χ2v) is 10.3. The van der Waals surface area contributed by atoms with Crippen molar-refractivity contribution in [3.8, 4) is 0 Å². The summed E-state index contributed by atoms with van der Waals surface area (Å²) in [5.41, 5.74) is 1.18. The van der Waals surface area contributed by atoms with E-state index in [0.29, 0.717) is 13.0 Å². The Labute approximate surface area is 162 Å². The summed E-state index contributed by atoms with van der Waals surface area (Å²) in [6, 6.07) is 7.69. The normalized spacial score (nSPS) is 18.0. The molecule has 0 spiro atoms. The van der Waals surface area contributed by atoms with Gasteiger partial charge in [0.15, 0.2) is 5.78 Å². The van der Waals surface area contributed by atoms with Crippen molar-refractivity contribution in [3.63, 3.8) is 0 Å². The lowest BCUT2D eigenvalue weighted by atomic mass is 10.00. The van der Waals surface area contributed by atoms with Gasteiger partial charge >= 0.3 is 13.7 Å². The third kappa shape index (κ3) is 5.56. The van der Waals surface area contributed by atoms with Crippen molar-refractivity contribution in [2.45, 2.75) is 78.5 Å². The van der Waals surface area contributed by atoms with Crippen LogP contribution in [-0.4, -0.2) is 35.3 Å². The molecule has 6 nitrogen and oxygen atoms in total. The first kappa shape index (κ1) is 21.9. The van der Waals surface area contributed by atoms with Gasteiger partial charge in [0.25, 0.3) is 0 Å². The lowest BCUT2D eigenvalue weighted by molar-refractivity contribution is 0.0155. The zero-order valence-electron chi connectivity index (χ0n) is 17.4. The molecule has 0 fully saturated rings. The topological polar surface area (TPSA) is 65.1 Å². The fourth-order valence-corrected chi connectivity index (χ4v) is 5.72. The number of benzene rings is 1. The zero-order chi connectivity index (χ0) is 20.4. The van der Waals surface area contributed by atoms with Crippen LogP contribution < -0.4 is 0 Å². The molecule has 0 aliphatic carbocycles. The van der Waals surface area contributed by atoms with Gasteiger partial charge in [0.1, 0.15) is 5.60 Å². The van der Waals surface area contributed by atoms with Crippen LogP contribution in [0.1, 0.15) is 65.4 Å². The van der Waals surface area contributed by atoms with Gasteiger partial charge in [-0.3, -0.25) is 9.46 Å². The molecule has 7 heteroatoms. The minimum absolute atomic E-state index is 0.316. The van der Waals surface area contributed by atoms with Gasteiger partial charge in [-0.2, -0.15) is 0 Å². The Balaban J connectivity index is 2.54. The Hall–Kier alpha value is -1.36. The molecule has 0 radical (unpaired) electrons. The molecule has 0 aromatic heterocycles. The predicted molar refractivity (Wildman–Crippen MR) is 106 cm³/mol. The van der Waals surface area contributed by atoms with E-state index >= 15 is 0 Å². The smallest absolute Gasteiger partial charge is 0.411 e.